The van der Waals surface area contributed by atoms with Gasteiger partial charge in [0.2, 0.25) is 0 Å². The fourth-order valence-electron chi connectivity index (χ4n) is 1.75. The lowest BCUT2D eigenvalue weighted by Gasteiger charge is -2.07. The largest absolute Gasteiger partial charge is 0.507 e. The lowest BCUT2D eigenvalue weighted by atomic mass is 10.1. The zero-order valence-electron chi connectivity index (χ0n) is 10.7. The van der Waals surface area contributed by atoms with Gasteiger partial charge in [0.25, 0.3) is 5.91 Å². The number of carbonyl (C=O) groups excluding carboxylic acids is 1. The highest BCUT2D eigenvalue weighted by atomic mass is 16.3. The average molecular weight is 260 g/mol. The maximum absolute atomic E-state index is 11.9. The van der Waals surface area contributed by atoms with Crippen molar-refractivity contribution in [2.75, 3.05) is 6.54 Å². The van der Waals surface area contributed by atoms with Gasteiger partial charge >= 0.3 is 0 Å². The van der Waals surface area contributed by atoms with Crippen molar-refractivity contribution in [3.63, 3.8) is 0 Å². The first kappa shape index (κ1) is 13.1. The normalized spacial score (nSPS) is 10.4. The number of aromatic nitrogens is 3. The van der Waals surface area contributed by atoms with E-state index in [1.54, 1.807) is 25.1 Å². The maximum Gasteiger partial charge on any atom is 0.255 e. The number of carbonyl (C=O) groups is 1. The zero-order chi connectivity index (χ0) is 13.7. The van der Waals surface area contributed by atoms with Crippen LogP contribution in [0.3, 0.4) is 0 Å². The fourth-order valence-corrected chi connectivity index (χ4v) is 1.75. The minimum atomic E-state index is -0.265. The quantitative estimate of drug-likeness (QED) is 0.704. The van der Waals surface area contributed by atoms with Crippen molar-refractivity contribution in [1.82, 2.24) is 20.5 Å². The first-order valence-electron chi connectivity index (χ1n) is 6.09. The molecule has 0 saturated heterocycles. The Morgan fingerprint density at radius 2 is 2.32 bits per heavy atom. The molecule has 2 aromatic rings. The molecule has 1 aromatic heterocycles. The third kappa shape index (κ3) is 3.31. The van der Waals surface area contributed by atoms with Crippen LogP contribution in [-0.4, -0.2) is 32.7 Å². The standard InChI is InChI=1S/C13H16N4O2/c1-9-4-2-5-10(12(9)18)13(19)14-7-3-6-11-15-8-16-17-11/h2,4-5,8,18H,3,6-7H2,1H3,(H,14,19)(H,15,16,17). The number of para-hydroxylation sites is 1. The molecule has 6 heteroatoms. The van der Waals surface area contributed by atoms with E-state index in [0.717, 1.165) is 18.7 Å². The molecule has 0 aliphatic carbocycles. The van der Waals surface area contributed by atoms with Gasteiger partial charge in [-0.05, 0) is 25.0 Å². The molecule has 0 radical (unpaired) electrons. The van der Waals surface area contributed by atoms with Gasteiger partial charge in [0.05, 0.1) is 5.56 Å². The molecular formula is C13H16N4O2. The highest BCUT2D eigenvalue weighted by Gasteiger charge is 2.11. The minimum absolute atomic E-state index is 0.0373. The minimum Gasteiger partial charge on any atom is -0.507 e. The van der Waals surface area contributed by atoms with Crippen molar-refractivity contribution < 1.29 is 9.90 Å². The van der Waals surface area contributed by atoms with E-state index in [9.17, 15) is 9.90 Å². The molecular weight excluding hydrogens is 244 g/mol. The Balaban J connectivity index is 1.83. The van der Waals surface area contributed by atoms with E-state index < -0.39 is 0 Å². The number of rotatable bonds is 5. The molecule has 6 nitrogen and oxygen atoms in total. The van der Waals surface area contributed by atoms with E-state index >= 15 is 0 Å². The molecule has 100 valence electrons. The van der Waals surface area contributed by atoms with Crippen LogP contribution in [0.2, 0.25) is 0 Å². The summed E-state index contributed by atoms with van der Waals surface area (Å²) in [5, 5.41) is 19.1. The Morgan fingerprint density at radius 1 is 1.47 bits per heavy atom. The number of nitrogens with zero attached hydrogens (tertiary/aromatic N) is 2. The molecule has 2 rings (SSSR count). The van der Waals surface area contributed by atoms with Crippen LogP contribution in [-0.2, 0) is 6.42 Å². The summed E-state index contributed by atoms with van der Waals surface area (Å²) in [6, 6.07) is 5.11. The van der Waals surface area contributed by atoms with Crippen LogP contribution in [0, 0.1) is 6.92 Å². The number of aromatic hydroxyl groups is 1. The molecule has 1 aromatic carbocycles. The van der Waals surface area contributed by atoms with Gasteiger partial charge in [0.1, 0.15) is 17.9 Å². The molecule has 3 N–H and O–H groups in total. The van der Waals surface area contributed by atoms with Crippen molar-refractivity contribution in [3.8, 4) is 5.75 Å². The molecule has 0 fully saturated rings. The van der Waals surface area contributed by atoms with E-state index in [0.29, 0.717) is 17.7 Å². The van der Waals surface area contributed by atoms with Gasteiger partial charge < -0.3 is 10.4 Å². The first-order chi connectivity index (χ1) is 9.18. The molecule has 0 saturated carbocycles. The predicted octanol–water partition coefficient (Wildman–Crippen LogP) is 1.18. The summed E-state index contributed by atoms with van der Waals surface area (Å²) >= 11 is 0. The summed E-state index contributed by atoms with van der Waals surface area (Å²) in [5.74, 6) is 0.571. The van der Waals surface area contributed by atoms with Crippen molar-refractivity contribution in [2.24, 2.45) is 0 Å². The van der Waals surface area contributed by atoms with Gasteiger partial charge in [-0.2, -0.15) is 5.10 Å². The molecule has 19 heavy (non-hydrogen) atoms. The number of hydrogen-bond acceptors (Lipinski definition) is 4. The number of aryl methyl sites for hydroxylation is 2. The Kier molecular flexibility index (Phi) is 4.12. The smallest absolute Gasteiger partial charge is 0.255 e. The number of aromatic amines is 1. The topological polar surface area (TPSA) is 90.9 Å². The molecule has 1 amide bonds. The van der Waals surface area contributed by atoms with Crippen LogP contribution < -0.4 is 5.32 Å². The lowest BCUT2D eigenvalue weighted by Crippen LogP contribution is -2.25. The molecule has 0 bridgehead atoms. The second-order valence-corrected chi connectivity index (χ2v) is 4.26. The van der Waals surface area contributed by atoms with Gasteiger partial charge in [0.15, 0.2) is 0 Å². The summed E-state index contributed by atoms with van der Waals surface area (Å²) < 4.78 is 0. The third-order valence-corrected chi connectivity index (χ3v) is 2.82. The summed E-state index contributed by atoms with van der Waals surface area (Å²) in [7, 11) is 0. The molecule has 0 spiro atoms. The molecule has 1 heterocycles. The number of hydrogen-bond donors (Lipinski definition) is 3. The van der Waals surface area contributed by atoms with Gasteiger partial charge in [-0.25, -0.2) is 4.98 Å². The highest BCUT2D eigenvalue weighted by molar-refractivity contribution is 5.97. The van der Waals surface area contributed by atoms with E-state index in [1.165, 1.54) is 6.33 Å². The molecule has 0 atom stereocenters. The van der Waals surface area contributed by atoms with Crippen LogP contribution in [0.25, 0.3) is 0 Å². The average Bonchev–Trinajstić information content (AvgIpc) is 2.91. The first-order valence-corrected chi connectivity index (χ1v) is 6.09. The van der Waals surface area contributed by atoms with E-state index in [4.69, 9.17) is 0 Å². The predicted molar refractivity (Wildman–Crippen MR) is 69.9 cm³/mol. The Labute approximate surface area is 110 Å². The number of benzene rings is 1. The molecule has 0 unspecified atom stereocenters. The van der Waals surface area contributed by atoms with Crippen molar-refractivity contribution in [1.29, 1.82) is 0 Å². The van der Waals surface area contributed by atoms with E-state index in [1.807, 2.05) is 0 Å². The summed E-state index contributed by atoms with van der Waals surface area (Å²) in [6.45, 7) is 2.28. The second-order valence-electron chi connectivity index (χ2n) is 4.26. The third-order valence-electron chi connectivity index (χ3n) is 2.82. The van der Waals surface area contributed by atoms with Gasteiger partial charge in [-0.15, -0.1) is 0 Å². The monoisotopic (exact) mass is 260 g/mol. The second kappa shape index (κ2) is 5.99. The van der Waals surface area contributed by atoms with Crippen molar-refractivity contribution in [3.05, 3.63) is 41.5 Å². The maximum atomic E-state index is 11.9. The SMILES string of the molecule is Cc1cccc(C(=O)NCCCc2ncn[nH]2)c1O. The number of phenols is 1. The van der Waals surface area contributed by atoms with Crippen LogP contribution in [0.5, 0.6) is 5.75 Å². The Morgan fingerprint density at radius 3 is 3.05 bits per heavy atom. The van der Waals surface area contributed by atoms with Crippen molar-refractivity contribution >= 4 is 5.91 Å². The van der Waals surface area contributed by atoms with Gasteiger partial charge in [0, 0.05) is 13.0 Å². The molecule has 0 aliphatic rings. The van der Waals surface area contributed by atoms with E-state index in [-0.39, 0.29) is 11.7 Å². The lowest BCUT2D eigenvalue weighted by molar-refractivity contribution is 0.0950. The Bertz CT molecular complexity index is 552. The number of nitrogens with one attached hydrogen (secondary N) is 2. The zero-order valence-corrected chi connectivity index (χ0v) is 10.7. The van der Waals surface area contributed by atoms with E-state index in [2.05, 4.69) is 20.5 Å². The van der Waals surface area contributed by atoms with Crippen molar-refractivity contribution in [2.45, 2.75) is 19.8 Å². The van der Waals surface area contributed by atoms with Gasteiger partial charge in [-0.3, -0.25) is 9.89 Å². The Hall–Kier alpha value is -2.37. The van der Waals surface area contributed by atoms with Crippen LogP contribution in [0.1, 0.15) is 28.2 Å². The summed E-state index contributed by atoms with van der Waals surface area (Å²) in [5.41, 5.74) is 0.994. The van der Waals surface area contributed by atoms with Crippen LogP contribution in [0.15, 0.2) is 24.5 Å². The molecule has 0 aliphatic heterocycles. The summed E-state index contributed by atoms with van der Waals surface area (Å²) in [6.07, 6.45) is 2.94. The van der Waals surface area contributed by atoms with Crippen LogP contribution >= 0.6 is 0 Å². The fraction of sp³-hybridized carbons (Fsp3) is 0.308. The van der Waals surface area contributed by atoms with Crippen LogP contribution in [0.4, 0.5) is 0 Å². The highest BCUT2D eigenvalue weighted by Crippen LogP contribution is 2.20. The number of amides is 1. The number of H-pyrrole nitrogens is 1. The summed E-state index contributed by atoms with van der Waals surface area (Å²) in [4.78, 5) is 15.9. The number of phenolic OH excluding ortho intramolecular Hbond substituents is 1. The van der Waals surface area contributed by atoms with Gasteiger partial charge in [-0.1, -0.05) is 12.1 Å².